The molecule has 58 valence electrons. The van der Waals surface area contributed by atoms with Gasteiger partial charge in [-0.15, -0.1) is 0 Å². The van der Waals surface area contributed by atoms with Crippen LogP contribution in [0.2, 0.25) is 0 Å². The smallest absolute Gasteiger partial charge is 0.200 e. The Hall–Kier alpha value is -0.640. The van der Waals surface area contributed by atoms with Gasteiger partial charge in [0.25, 0.3) is 0 Å². The molecule has 0 aliphatic rings. The van der Waals surface area contributed by atoms with Crippen LogP contribution in [0.3, 0.4) is 0 Å². The lowest BCUT2D eigenvalue weighted by Crippen LogP contribution is -2.01. The first-order valence-electron chi connectivity index (χ1n) is 2.89. The molecular weight excluding hydrogens is 152 g/mol. The fraction of sp³-hybridized carbons (Fsp3) is 0.500. The molecule has 2 N–H and O–H groups in total. The Morgan fingerprint density at radius 1 is 1.60 bits per heavy atom. The summed E-state index contributed by atoms with van der Waals surface area (Å²) in [5.41, 5.74) is 0. The van der Waals surface area contributed by atoms with Gasteiger partial charge in [-0.25, -0.2) is 0 Å². The first kappa shape index (κ1) is 9.36. The zero-order chi connectivity index (χ0) is 7.98. The fourth-order valence-electron chi connectivity index (χ4n) is 0.440. The molecule has 0 fully saturated rings. The van der Waals surface area contributed by atoms with Gasteiger partial charge in [-0.2, -0.15) is 12.6 Å². The minimum atomic E-state index is -0.582. The van der Waals surface area contributed by atoms with Gasteiger partial charge in [0, 0.05) is 6.42 Å². The molecule has 0 aromatic rings. The number of aliphatic hydroxyl groups is 2. The van der Waals surface area contributed by atoms with E-state index in [0.29, 0.717) is 18.4 Å². The summed E-state index contributed by atoms with van der Waals surface area (Å²) in [6, 6.07) is 0. The average molecular weight is 162 g/mol. The molecule has 0 rings (SSSR count). The van der Waals surface area contributed by atoms with E-state index in [4.69, 9.17) is 10.2 Å². The Morgan fingerprint density at radius 3 is 2.60 bits per heavy atom. The summed E-state index contributed by atoms with van der Waals surface area (Å²) in [5, 5.41) is 16.7. The van der Waals surface area contributed by atoms with Crippen molar-refractivity contribution in [3.8, 4) is 0 Å². The molecule has 0 saturated heterocycles. The Kier molecular flexibility index (Phi) is 4.84. The number of carbonyl (C=O) groups is 1. The van der Waals surface area contributed by atoms with Crippen LogP contribution in [0.5, 0.6) is 0 Å². The highest BCUT2D eigenvalue weighted by Crippen LogP contribution is 1.99. The molecule has 0 saturated carbocycles. The average Bonchev–Trinajstić information content (AvgIpc) is 1.98. The number of allylic oxidation sites excluding steroid dienone is 1. The minimum Gasteiger partial charge on any atom is -0.512 e. The number of Topliss-reactive ketones (excluding diaryl/α,β-unsaturated/α-hetero) is 1. The lowest BCUT2D eigenvalue weighted by atomic mass is 10.2. The van der Waals surface area contributed by atoms with Crippen LogP contribution in [-0.4, -0.2) is 21.7 Å². The van der Waals surface area contributed by atoms with Crippen LogP contribution in [0.25, 0.3) is 0 Å². The van der Waals surface area contributed by atoms with Crippen LogP contribution in [0.1, 0.15) is 12.8 Å². The second kappa shape index (κ2) is 5.17. The van der Waals surface area contributed by atoms with Crippen molar-refractivity contribution in [1.82, 2.24) is 0 Å². The molecule has 0 amide bonds. The van der Waals surface area contributed by atoms with E-state index >= 15 is 0 Å². The van der Waals surface area contributed by atoms with Crippen molar-refractivity contribution < 1.29 is 15.0 Å². The summed E-state index contributed by atoms with van der Waals surface area (Å²) < 4.78 is 0. The van der Waals surface area contributed by atoms with Gasteiger partial charge in [-0.05, 0) is 12.2 Å². The second-order valence-corrected chi connectivity index (χ2v) is 2.21. The molecule has 10 heavy (non-hydrogen) atoms. The van der Waals surface area contributed by atoms with Gasteiger partial charge in [-0.3, -0.25) is 4.79 Å². The normalized spacial score (nSPS) is 11.5. The number of carbonyl (C=O) groups excluding carboxylic acids is 1. The van der Waals surface area contributed by atoms with E-state index < -0.39 is 11.5 Å². The predicted octanol–water partition coefficient (Wildman–Crippen LogP) is 1.22. The summed E-state index contributed by atoms with van der Waals surface area (Å²) in [5.74, 6) is -0.428. The maximum absolute atomic E-state index is 10.6. The van der Waals surface area contributed by atoms with Crippen molar-refractivity contribution in [2.75, 3.05) is 5.75 Å². The largest absolute Gasteiger partial charge is 0.512 e. The van der Waals surface area contributed by atoms with Crippen molar-refractivity contribution in [2.24, 2.45) is 0 Å². The van der Waals surface area contributed by atoms with Gasteiger partial charge >= 0.3 is 0 Å². The van der Waals surface area contributed by atoms with Crippen molar-refractivity contribution in [3.05, 3.63) is 12.0 Å². The molecule has 0 aliphatic carbocycles. The predicted molar refractivity (Wildman–Crippen MR) is 41.4 cm³/mol. The van der Waals surface area contributed by atoms with E-state index in [1.165, 1.54) is 0 Å². The molecule has 0 aromatic heterocycles. The molecule has 0 atom stereocenters. The lowest BCUT2D eigenvalue weighted by molar-refractivity contribution is -0.118. The first-order valence-corrected chi connectivity index (χ1v) is 3.53. The topological polar surface area (TPSA) is 57.5 Å². The third-order valence-electron chi connectivity index (χ3n) is 0.970. The summed E-state index contributed by atoms with van der Waals surface area (Å²) >= 11 is 3.88. The number of hydrogen-bond acceptors (Lipinski definition) is 4. The Labute approximate surface area is 64.8 Å². The number of hydrogen-bond donors (Lipinski definition) is 3. The first-order chi connectivity index (χ1) is 4.72. The van der Waals surface area contributed by atoms with E-state index in [9.17, 15) is 4.79 Å². The molecule has 0 radical (unpaired) electrons. The van der Waals surface area contributed by atoms with E-state index in [0.717, 1.165) is 0 Å². The van der Waals surface area contributed by atoms with Gasteiger partial charge in [-0.1, -0.05) is 0 Å². The van der Waals surface area contributed by atoms with Crippen molar-refractivity contribution in [3.63, 3.8) is 0 Å². The highest BCUT2D eigenvalue weighted by molar-refractivity contribution is 7.80. The zero-order valence-corrected chi connectivity index (χ0v) is 6.34. The van der Waals surface area contributed by atoms with E-state index in [-0.39, 0.29) is 6.42 Å². The number of rotatable bonds is 4. The van der Waals surface area contributed by atoms with Crippen LogP contribution < -0.4 is 0 Å². The molecule has 0 bridgehead atoms. The van der Waals surface area contributed by atoms with Gasteiger partial charge in [0.15, 0.2) is 11.5 Å². The van der Waals surface area contributed by atoms with Crippen LogP contribution in [-0.2, 0) is 4.79 Å². The van der Waals surface area contributed by atoms with Crippen molar-refractivity contribution in [1.29, 1.82) is 0 Å². The van der Waals surface area contributed by atoms with Crippen molar-refractivity contribution in [2.45, 2.75) is 12.8 Å². The summed E-state index contributed by atoms with van der Waals surface area (Å²) in [7, 11) is 0. The summed E-state index contributed by atoms with van der Waals surface area (Å²) in [6.07, 6.45) is 1.24. The second-order valence-electron chi connectivity index (χ2n) is 1.76. The monoisotopic (exact) mass is 162 g/mol. The van der Waals surface area contributed by atoms with Gasteiger partial charge in [0.05, 0.1) is 0 Å². The maximum atomic E-state index is 10.6. The standard InChI is InChI=1S/C6H10O3S/c7-4-6(9)5(8)2-1-3-10/h4,7,9-10H,1-3H2/b6-4-. The molecule has 0 aromatic carbocycles. The molecule has 3 nitrogen and oxygen atoms in total. The lowest BCUT2D eigenvalue weighted by Gasteiger charge is -1.94. The van der Waals surface area contributed by atoms with Crippen LogP contribution in [0.15, 0.2) is 12.0 Å². The molecule has 0 heterocycles. The van der Waals surface area contributed by atoms with E-state index in [1.807, 2.05) is 0 Å². The summed E-state index contributed by atoms with van der Waals surface area (Å²) in [4.78, 5) is 10.6. The number of ketones is 1. The SMILES string of the molecule is O=C(CCCS)/C(O)=C/O. The molecule has 0 spiro atoms. The third-order valence-corrected chi connectivity index (χ3v) is 1.29. The molecule has 4 heteroatoms. The number of aliphatic hydroxyl groups excluding tert-OH is 2. The quantitative estimate of drug-likeness (QED) is 0.331. The van der Waals surface area contributed by atoms with Crippen LogP contribution >= 0.6 is 12.6 Å². The van der Waals surface area contributed by atoms with Crippen molar-refractivity contribution >= 4 is 18.4 Å². The fourth-order valence-corrected chi connectivity index (χ4v) is 0.598. The number of thiol groups is 1. The summed E-state index contributed by atoms with van der Waals surface area (Å²) in [6.45, 7) is 0. The van der Waals surface area contributed by atoms with Gasteiger partial charge in [0.1, 0.15) is 6.26 Å². The Bertz CT molecular complexity index is 142. The third kappa shape index (κ3) is 3.40. The highest BCUT2D eigenvalue weighted by atomic mass is 32.1. The Balaban J connectivity index is 3.63. The Morgan fingerprint density at radius 2 is 2.20 bits per heavy atom. The molecule has 0 aliphatic heterocycles. The highest BCUT2D eigenvalue weighted by Gasteiger charge is 2.05. The molecule has 0 unspecified atom stereocenters. The van der Waals surface area contributed by atoms with Gasteiger partial charge in [0.2, 0.25) is 0 Å². The van der Waals surface area contributed by atoms with Gasteiger partial charge < -0.3 is 10.2 Å². The van der Waals surface area contributed by atoms with Crippen LogP contribution in [0.4, 0.5) is 0 Å². The zero-order valence-electron chi connectivity index (χ0n) is 5.45. The molecular formula is C6H10O3S. The van der Waals surface area contributed by atoms with Crippen LogP contribution in [0, 0.1) is 0 Å². The minimum absolute atomic E-state index is 0.229. The van der Waals surface area contributed by atoms with E-state index in [1.54, 1.807) is 0 Å². The maximum Gasteiger partial charge on any atom is 0.200 e. The van der Waals surface area contributed by atoms with E-state index in [2.05, 4.69) is 12.6 Å².